The largest absolute Gasteiger partial charge is 0.493 e. The molecule has 4 nitrogen and oxygen atoms in total. The fourth-order valence-electron chi connectivity index (χ4n) is 1.99. The SMILES string of the molecule is CCCOc1c(Br)cc(CNCCCCCO)cc1OC. The molecule has 0 aliphatic carbocycles. The smallest absolute Gasteiger partial charge is 0.175 e. The summed E-state index contributed by atoms with van der Waals surface area (Å²) in [5, 5.41) is 12.1. The quantitative estimate of drug-likeness (QED) is 0.593. The van der Waals surface area contributed by atoms with Gasteiger partial charge in [0.15, 0.2) is 11.5 Å². The summed E-state index contributed by atoms with van der Waals surface area (Å²) in [7, 11) is 1.66. The molecule has 5 heteroatoms. The molecule has 0 bridgehead atoms. The number of aliphatic hydroxyl groups excluding tert-OH is 1. The van der Waals surface area contributed by atoms with Crippen molar-refractivity contribution < 1.29 is 14.6 Å². The van der Waals surface area contributed by atoms with Gasteiger partial charge in [-0.3, -0.25) is 0 Å². The van der Waals surface area contributed by atoms with Crippen molar-refractivity contribution in [1.82, 2.24) is 5.32 Å². The Morgan fingerprint density at radius 2 is 2.05 bits per heavy atom. The predicted molar refractivity (Wildman–Crippen MR) is 89.1 cm³/mol. The number of hydrogen-bond donors (Lipinski definition) is 2. The lowest BCUT2D eigenvalue weighted by Gasteiger charge is -2.14. The fourth-order valence-corrected chi connectivity index (χ4v) is 2.59. The van der Waals surface area contributed by atoms with E-state index in [9.17, 15) is 0 Å². The fraction of sp³-hybridized carbons (Fsp3) is 0.625. The van der Waals surface area contributed by atoms with Crippen molar-refractivity contribution in [3.05, 3.63) is 22.2 Å². The van der Waals surface area contributed by atoms with E-state index in [1.165, 1.54) is 0 Å². The highest BCUT2D eigenvalue weighted by atomic mass is 79.9. The number of nitrogens with one attached hydrogen (secondary N) is 1. The first kappa shape index (κ1) is 18.3. The number of aliphatic hydroxyl groups is 1. The maximum absolute atomic E-state index is 8.73. The number of ether oxygens (including phenoxy) is 2. The van der Waals surface area contributed by atoms with Gasteiger partial charge in [-0.2, -0.15) is 0 Å². The van der Waals surface area contributed by atoms with Crippen LogP contribution in [0.15, 0.2) is 16.6 Å². The van der Waals surface area contributed by atoms with Crippen LogP contribution in [0.2, 0.25) is 0 Å². The maximum atomic E-state index is 8.73. The van der Waals surface area contributed by atoms with Crippen LogP contribution in [-0.4, -0.2) is 32.0 Å². The average Bonchev–Trinajstić information content (AvgIpc) is 2.49. The first-order chi connectivity index (χ1) is 10.2. The molecular formula is C16H26BrNO3. The highest BCUT2D eigenvalue weighted by Gasteiger charge is 2.11. The van der Waals surface area contributed by atoms with Gasteiger partial charge in [-0.1, -0.05) is 6.92 Å². The molecule has 0 aliphatic rings. The summed E-state index contributed by atoms with van der Waals surface area (Å²) >= 11 is 3.55. The second kappa shape index (κ2) is 10.9. The van der Waals surface area contributed by atoms with Crippen LogP contribution in [0.3, 0.4) is 0 Å². The Morgan fingerprint density at radius 1 is 1.24 bits per heavy atom. The zero-order valence-corrected chi connectivity index (χ0v) is 14.5. The molecule has 21 heavy (non-hydrogen) atoms. The molecule has 2 N–H and O–H groups in total. The van der Waals surface area contributed by atoms with Crippen LogP contribution in [-0.2, 0) is 6.54 Å². The van der Waals surface area contributed by atoms with E-state index >= 15 is 0 Å². The minimum Gasteiger partial charge on any atom is -0.493 e. The van der Waals surface area contributed by atoms with E-state index in [2.05, 4.69) is 34.2 Å². The van der Waals surface area contributed by atoms with E-state index < -0.39 is 0 Å². The summed E-state index contributed by atoms with van der Waals surface area (Å²) in [5.74, 6) is 1.53. The van der Waals surface area contributed by atoms with Crippen molar-refractivity contribution in [2.24, 2.45) is 0 Å². The van der Waals surface area contributed by atoms with Crippen LogP contribution >= 0.6 is 15.9 Å². The summed E-state index contributed by atoms with van der Waals surface area (Å²) in [4.78, 5) is 0. The van der Waals surface area contributed by atoms with Crippen LogP contribution in [0.5, 0.6) is 11.5 Å². The summed E-state index contributed by atoms with van der Waals surface area (Å²) in [6, 6.07) is 4.07. The summed E-state index contributed by atoms with van der Waals surface area (Å²) in [6.45, 7) is 4.78. The number of methoxy groups -OCH3 is 1. The molecule has 0 aliphatic heterocycles. The van der Waals surface area contributed by atoms with Crippen molar-refractivity contribution >= 4 is 15.9 Å². The standard InChI is InChI=1S/C16H26BrNO3/c1-3-9-21-16-14(17)10-13(11-15(16)20-2)12-18-7-5-4-6-8-19/h10-11,18-19H,3-9,12H2,1-2H3. The minimum absolute atomic E-state index is 0.281. The molecule has 0 saturated carbocycles. The molecule has 0 spiro atoms. The third-order valence-electron chi connectivity index (χ3n) is 3.08. The van der Waals surface area contributed by atoms with E-state index in [1.54, 1.807) is 7.11 Å². The molecule has 0 heterocycles. The van der Waals surface area contributed by atoms with Gasteiger partial charge in [0.05, 0.1) is 18.2 Å². The normalized spacial score (nSPS) is 10.7. The van der Waals surface area contributed by atoms with Crippen molar-refractivity contribution in [3.63, 3.8) is 0 Å². The molecule has 0 atom stereocenters. The second-order valence-corrected chi connectivity index (χ2v) is 5.77. The number of halogens is 1. The first-order valence-electron chi connectivity index (χ1n) is 7.53. The zero-order valence-electron chi connectivity index (χ0n) is 13.0. The molecule has 0 unspecified atom stereocenters. The lowest BCUT2D eigenvalue weighted by Crippen LogP contribution is -2.15. The van der Waals surface area contributed by atoms with Gasteiger partial charge in [0.25, 0.3) is 0 Å². The van der Waals surface area contributed by atoms with Crippen molar-refractivity contribution in [3.8, 4) is 11.5 Å². The Kier molecular flexibility index (Phi) is 9.46. The van der Waals surface area contributed by atoms with Crippen molar-refractivity contribution in [1.29, 1.82) is 0 Å². The highest BCUT2D eigenvalue weighted by Crippen LogP contribution is 2.36. The van der Waals surface area contributed by atoms with E-state index in [-0.39, 0.29) is 6.61 Å². The third kappa shape index (κ3) is 6.68. The third-order valence-corrected chi connectivity index (χ3v) is 3.67. The first-order valence-corrected chi connectivity index (χ1v) is 8.33. The predicted octanol–water partition coefficient (Wildman–Crippen LogP) is 3.50. The topological polar surface area (TPSA) is 50.7 Å². The number of hydrogen-bond acceptors (Lipinski definition) is 4. The van der Waals surface area contributed by atoms with Gasteiger partial charge in [-0.25, -0.2) is 0 Å². The number of rotatable bonds is 11. The van der Waals surface area contributed by atoms with E-state index in [0.29, 0.717) is 6.61 Å². The van der Waals surface area contributed by atoms with Gasteiger partial charge < -0.3 is 19.9 Å². The van der Waals surface area contributed by atoms with Crippen LogP contribution in [0.4, 0.5) is 0 Å². The van der Waals surface area contributed by atoms with Gasteiger partial charge >= 0.3 is 0 Å². The van der Waals surface area contributed by atoms with Crippen LogP contribution < -0.4 is 14.8 Å². The Hall–Kier alpha value is -0.780. The van der Waals surface area contributed by atoms with Crippen LogP contribution in [0.1, 0.15) is 38.2 Å². The van der Waals surface area contributed by atoms with Crippen molar-refractivity contribution in [2.45, 2.75) is 39.2 Å². The van der Waals surface area contributed by atoms with E-state index in [1.807, 2.05) is 6.07 Å². The Balaban J connectivity index is 2.53. The number of benzene rings is 1. The van der Waals surface area contributed by atoms with Gasteiger partial charge in [-0.15, -0.1) is 0 Å². The zero-order chi connectivity index (χ0) is 15.5. The van der Waals surface area contributed by atoms with Crippen LogP contribution in [0.25, 0.3) is 0 Å². The highest BCUT2D eigenvalue weighted by molar-refractivity contribution is 9.10. The Bertz CT molecular complexity index is 413. The van der Waals surface area contributed by atoms with Gasteiger partial charge in [0.1, 0.15) is 0 Å². The van der Waals surface area contributed by atoms with Gasteiger partial charge in [0, 0.05) is 13.2 Å². The molecule has 1 rings (SSSR count). The van der Waals surface area contributed by atoms with Crippen LogP contribution in [0, 0.1) is 0 Å². The second-order valence-electron chi connectivity index (χ2n) is 4.92. The Morgan fingerprint density at radius 3 is 2.71 bits per heavy atom. The maximum Gasteiger partial charge on any atom is 0.175 e. The molecule has 0 aromatic heterocycles. The molecule has 0 fully saturated rings. The Labute approximate surface area is 136 Å². The molecule has 0 saturated heterocycles. The monoisotopic (exact) mass is 359 g/mol. The molecular weight excluding hydrogens is 334 g/mol. The van der Waals surface area contributed by atoms with Crippen molar-refractivity contribution in [2.75, 3.05) is 26.9 Å². The molecule has 1 aromatic rings. The summed E-state index contributed by atoms with van der Waals surface area (Å²) < 4.78 is 12.1. The van der Waals surface area contributed by atoms with E-state index in [4.69, 9.17) is 14.6 Å². The molecule has 1 aromatic carbocycles. The lowest BCUT2D eigenvalue weighted by atomic mass is 10.2. The molecule has 0 amide bonds. The average molecular weight is 360 g/mol. The number of unbranched alkanes of at least 4 members (excludes halogenated alkanes) is 2. The minimum atomic E-state index is 0.281. The van der Waals surface area contributed by atoms with Gasteiger partial charge in [0.2, 0.25) is 0 Å². The summed E-state index contributed by atoms with van der Waals surface area (Å²) in [6.07, 6.45) is 3.98. The molecule has 120 valence electrons. The summed E-state index contributed by atoms with van der Waals surface area (Å²) in [5.41, 5.74) is 1.16. The van der Waals surface area contributed by atoms with Gasteiger partial charge in [-0.05, 0) is 65.9 Å². The van der Waals surface area contributed by atoms with E-state index in [0.717, 1.165) is 60.3 Å². The lowest BCUT2D eigenvalue weighted by molar-refractivity contribution is 0.283. The molecule has 0 radical (unpaired) electrons.